The molecule has 6 nitrogen and oxygen atoms in total. The third kappa shape index (κ3) is 3.02. The molecule has 0 spiro atoms. The second-order valence-corrected chi connectivity index (χ2v) is 8.61. The average Bonchev–Trinajstić information content (AvgIpc) is 3.28. The van der Waals surface area contributed by atoms with Crippen molar-refractivity contribution >= 4 is 6.03 Å². The molecule has 2 aromatic heterocycles. The van der Waals surface area contributed by atoms with Crippen LogP contribution in [-0.4, -0.2) is 17.7 Å². The van der Waals surface area contributed by atoms with Gasteiger partial charge in [0.25, 0.3) is 0 Å². The number of amides is 2. The van der Waals surface area contributed by atoms with Gasteiger partial charge in [-0.05, 0) is 73.8 Å². The van der Waals surface area contributed by atoms with Crippen molar-refractivity contribution < 1.29 is 13.7 Å². The van der Waals surface area contributed by atoms with E-state index in [2.05, 4.69) is 15.8 Å². The molecular weight excluding hydrogens is 330 g/mol. The molecule has 4 fully saturated rings. The third-order valence-corrected chi connectivity index (χ3v) is 6.54. The first-order valence-electron chi connectivity index (χ1n) is 9.69. The summed E-state index contributed by atoms with van der Waals surface area (Å²) in [5.74, 6) is 3.92. The molecular formula is C20H25N3O3. The summed E-state index contributed by atoms with van der Waals surface area (Å²) >= 11 is 0. The van der Waals surface area contributed by atoms with E-state index in [0.29, 0.717) is 29.2 Å². The highest BCUT2D eigenvalue weighted by molar-refractivity contribution is 5.73. The summed E-state index contributed by atoms with van der Waals surface area (Å²) in [6.45, 7) is 1.15. The summed E-state index contributed by atoms with van der Waals surface area (Å²) in [7, 11) is 0. The first kappa shape index (κ1) is 16.0. The zero-order valence-corrected chi connectivity index (χ0v) is 14.9. The molecule has 0 saturated heterocycles. The van der Waals surface area contributed by atoms with E-state index in [1.54, 1.807) is 18.4 Å². The summed E-state index contributed by atoms with van der Waals surface area (Å²) in [4.78, 5) is 12.2. The van der Waals surface area contributed by atoms with Crippen molar-refractivity contribution in [3.63, 3.8) is 0 Å². The van der Waals surface area contributed by atoms with Crippen LogP contribution in [0.25, 0.3) is 11.5 Å². The fourth-order valence-corrected chi connectivity index (χ4v) is 5.94. The predicted octanol–water partition coefficient (Wildman–Crippen LogP) is 3.95. The van der Waals surface area contributed by atoms with Gasteiger partial charge in [-0.2, -0.15) is 0 Å². The van der Waals surface area contributed by atoms with Gasteiger partial charge in [0.1, 0.15) is 5.69 Å². The molecule has 4 saturated carbocycles. The highest BCUT2D eigenvalue weighted by atomic mass is 16.5. The van der Waals surface area contributed by atoms with Crippen LogP contribution in [0.4, 0.5) is 4.79 Å². The van der Waals surface area contributed by atoms with Crippen molar-refractivity contribution in [2.24, 2.45) is 23.2 Å². The van der Waals surface area contributed by atoms with Crippen LogP contribution in [0.3, 0.4) is 0 Å². The Labute approximate surface area is 152 Å². The summed E-state index contributed by atoms with van der Waals surface area (Å²) in [5.41, 5.74) is 1.04. The molecule has 0 atom stereocenters. The topological polar surface area (TPSA) is 80.3 Å². The first-order chi connectivity index (χ1) is 12.7. The molecule has 2 N–H and O–H groups in total. The van der Waals surface area contributed by atoms with Gasteiger partial charge in [0.05, 0.1) is 12.8 Å². The molecule has 138 valence electrons. The number of nitrogens with one attached hydrogen (secondary N) is 2. The summed E-state index contributed by atoms with van der Waals surface area (Å²) in [6.07, 6.45) is 9.77. The van der Waals surface area contributed by atoms with Crippen LogP contribution in [-0.2, 0) is 6.54 Å². The van der Waals surface area contributed by atoms with Crippen LogP contribution in [0.5, 0.6) is 0 Å². The highest BCUT2D eigenvalue weighted by Crippen LogP contribution is 2.59. The smallest absolute Gasteiger partial charge is 0.315 e. The second-order valence-electron chi connectivity index (χ2n) is 8.61. The van der Waals surface area contributed by atoms with E-state index in [0.717, 1.165) is 24.3 Å². The number of hydrogen-bond acceptors (Lipinski definition) is 4. The van der Waals surface area contributed by atoms with Gasteiger partial charge in [-0.25, -0.2) is 4.79 Å². The summed E-state index contributed by atoms with van der Waals surface area (Å²) in [5, 5.41) is 9.99. The summed E-state index contributed by atoms with van der Waals surface area (Å²) < 4.78 is 10.5. The van der Waals surface area contributed by atoms with Crippen LogP contribution in [0.15, 0.2) is 33.4 Å². The minimum absolute atomic E-state index is 0.122. The van der Waals surface area contributed by atoms with E-state index >= 15 is 0 Å². The maximum Gasteiger partial charge on any atom is 0.315 e. The number of hydrogen-bond donors (Lipinski definition) is 2. The van der Waals surface area contributed by atoms with Crippen molar-refractivity contribution in [2.75, 3.05) is 6.54 Å². The SMILES string of the molecule is O=C(NCc1cc(-c2ccco2)on1)NCC12CC3CC(CC(C3)C1)C2. The van der Waals surface area contributed by atoms with Gasteiger partial charge in [0.15, 0.2) is 5.76 Å². The van der Waals surface area contributed by atoms with Crippen LogP contribution in [0, 0.1) is 23.2 Å². The lowest BCUT2D eigenvalue weighted by atomic mass is 9.49. The van der Waals surface area contributed by atoms with Crippen molar-refractivity contribution in [3.8, 4) is 11.5 Å². The number of furan rings is 1. The standard InChI is InChI=1S/C20H25N3O3/c24-19(21-11-16-7-18(26-23-16)17-2-1-3-25-17)22-12-20-8-13-4-14(9-20)6-15(5-13)10-20/h1-3,7,13-15H,4-6,8-12H2,(H2,21,22,24). The molecule has 6 heteroatoms. The maximum absolute atomic E-state index is 12.2. The molecule has 0 aliphatic heterocycles. The predicted molar refractivity (Wildman–Crippen MR) is 95.0 cm³/mol. The van der Waals surface area contributed by atoms with E-state index in [-0.39, 0.29) is 6.03 Å². The van der Waals surface area contributed by atoms with Gasteiger partial charge in [-0.15, -0.1) is 0 Å². The van der Waals surface area contributed by atoms with E-state index in [9.17, 15) is 4.79 Å². The molecule has 0 aromatic carbocycles. The monoisotopic (exact) mass is 355 g/mol. The van der Waals surface area contributed by atoms with E-state index in [1.807, 2.05) is 6.07 Å². The molecule has 0 radical (unpaired) electrons. The number of urea groups is 1. The Balaban J connectivity index is 1.13. The number of aromatic nitrogens is 1. The number of nitrogens with zero attached hydrogens (tertiary/aromatic N) is 1. The lowest BCUT2D eigenvalue weighted by Gasteiger charge is -2.56. The minimum Gasteiger partial charge on any atom is -0.461 e. The lowest BCUT2D eigenvalue weighted by Crippen LogP contribution is -2.52. The largest absolute Gasteiger partial charge is 0.461 e. The van der Waals surface area contributed by atoms with Gasteiger partial charge in [-0.1, -0.05) is 5.16 Å². The molecule has 4 aliphatic carbocycles. The van der Waals surface area contributed by atoms with Gasteiger partial charge < -0.3 is 19.6 Å². The Morgan fingerprint density at radius 1 is 1.12 bits per heavy atom. The van der Waals surface area contributed by atoms with Crippen LogP contribution < -0.4 is 10.6 Å². The maximum atomic E-state index is 12.2. The van der Waals surface area contributed by atoms with Crippen LogP contribution in [0.2, 0.25) is 0 Å². The highest BCUT2D eigenvalue weighted by Gasteiger charge is 2.50. The molecule has 4 aliphatic rings. The quantitative estimate of drug-likeness (QED) is 0.851. The third-order valence-electron chi connectivity index (χ3n) is 6.54. The molecule has 0 unspecified atom stereocenters. The van der Waals surface area contributed by atoms with Crippen LogP contribution >= 0.6 is 0 Å². The normalized spacial score (nSPS) is 31.9. The lowest BCUT2D eigenvalue weighted by molar-refractivity contribution is -0.0498. The fourth-order valence-electron chi connectivity index (χ4n) is 5.94. The zero-order chi connectivity index (χ0) is 17.6. The molecule has 2 heterocycles. The Hall–Kier alpha value is -2.24. The summed E-state index contributed by atoms with van der Waals surface area (Å²) in [6, 6.07) is 5.28. The van der Waals surface area contributed by atoms with Gasteiger partial charge in [-0.3, -0.25) is 0 Å². The number of carbonyl (C=O) groups is 1. The van der Waals surface area contributed by atoms with Gasteiger partial charge in [0, 0.05) is 12.6 Å². The van der Waals surface area contributed by atoms with Gasteiger partial charge in [0.2, 0.25) is 5.76 Å². The Kier molecular flexibility index (Phi) is 3.80. The Morgan fingerprint density at radius 2 is 1.85 bits per heavy atom. The number of rotatable bonds is 5. The fraction of sp³-hybridized carbons (Fsp3) is 0.600. The Morgan fingerprint density at radius 3 is 2.50 bits per heavy atom. The molecule has 2 amide bonds. The van der Waals surface area contributed by atoms with Crippen molar-refractivity contribution in [2.45, 2.75) is 45.1 Å². The second kappa shape index (κ2) is 6.18. The molecule has 6 rings (SSSR count). The molecule has 4 bridgehead atoms. The van der Waals surface area contributed by atoms with Crippen molar-refractivity contribution in [3.05, 3.63) is 30.2 Å². The van der Waals surface area contributed by atoms with E-state index in [4.69, 9.17) is 8.94 Å². The van der Waals surface area contributed by atoms with Crippen molar-refractivity contribution in [1.82, 2.24) is 15.8 Å². The zero-order valence-electron chi connectivity index (χ0n) is 14.9. The average molecular weight is 355 g/mol. The van der Waals surface area contributed by atoms with Crippen molar-refractivity contribution in [1.29, 1.82) is 0 Å². The minimum atomic E-state index is -0.122. The van der Waals surface area contributed by atoms with Gasteiger partial charge >= 0.3 is 6.03 Å². The number of carbonyl (C=O) groups excluding carboxylic acids is 1. The Bertz CT molecular complexity index is 745. The first-order valence-corrected chi connectivity index (χ1v) is 9.69. The van der Waals surface area contributed by atoms with Crippen LogP contribution in [0.1, 0.15) is 44.2 Å². The van der Waals surface area contributed by atoms with E-state index in [1.165, 1.54) is 38.5 Å². The molecule has 2 aromatic rings. The molecule has 26 heavy (non-hydrogen) atoms. The van der Waals surface area contributed by atoms with E-state index < -0.39 is 0 Å².